The molecule has 2 atom stereocenters. The second-order valence-electron chi connectivity index (χ2n) is 4.63. The van der Waals surface area contributed by atoms with Crippen LogP contribution in [0.2, 0.25) is 0 Å². The van der Waals surface area contributed by atoms with Crippen molar-refractivity contribution in [3.05, 3.63) is 12.2 Å². The summed E-state index contributed by atoms with van der Waals surface area (Å²) in [5, 5.41) is 3.66. The van der Waals surface area contributed by atoms with E-state index < -0.39 is 0 Å². The minimum Gasteiger partial charge on any atom is -0.309 e. The van der Waals surface area contributed by atoms with Crippen molar-refractivity contribution in [2.75, 3.05) is 20.6 Å². The first-order valence-electron chi connectivity index (χ1n) is 5.76. The van der Waals surface area contributed by atoms with Gasteiger partial charge in [-0.1, -0.05) is 12.2 Å². The van der Waals surface area contributed by atoms with E-state index in [0.717, 1.165) is 0 Å². The number of hydrogen-bond donors (Lipinski definition) is 1. The molecule has 14 heavy (non-hydrogen) atoms. The molecular formula is C12H24N2. The van der Waals surface area contributed by atoms with Gasteiger partial charge in [-0.2, -0.15) is 0 Å². The average molecular weight is 196 g/mol. The van der Waals surface area contributed by atoms with Crippen LogP contribution in [-0.2, 0) is 0 Å². The molecule has 0 amide bonds. The highest BCUT2D eigenvalue weighted by Gasteiger charge is 2.11. The Morgan fingerprint density at radius 3 is 2.86 bits per heavy atom. The van der Waals surface area contributed by atoms with Crippen LogP contribution in [0.5, 0.6) is 0 Å². The molecule has 1 aliphatic rings. The van der Waals surface area contributed by atoms with Gasteiger partial charge in [0.1, 0.15) is 0 Å². The van der Waals surface area contributed by atoms with Crippen molar-refractivity contribution < 1.29 is 0 Å². The van der Waals surface area contributed by atoms with Gasteiger partial charge >= 0.3 is 0 Å². The first-order chi connectivity index (χ1) is 6.68. The summed E-state index contributed by atoms with van der Waals surface area (Å²) < 4.78 is 0. The van der Waals surface area contributed by atoms with Crippen LogP contribution in [0.4, 0.5) is 0 Å². The molecule has 0 aliphatic heterocycles. The van der Waals surface area contributed by atoms with Gasteiger partial charge in [-0.15, -0.1) is 0 Å². The Balaban J connectivity index is 2.15. The zero-order valence-electron chi connectivity index (χ0n) is 9.79. The van der Waals surface area contributed by atoms with Gasteiger partial charge in [-0.25, -0.2) is 0 Å². The SMILES string of the molecule is CC(CCN(C)C)NC1C=CCCC1. The topological polar surface area (TPSA) is 15.3 Å². The lowest BCUT2D eigenvalue weighted by molar-refractivity contribution is 0.352. The minimum atomic E-state index is 0.626. The van der Waals surface area contributed by atoms with Crippen LogP contribution in [0.15, 0.2) is 12.2 Å². The first kappa shape index (κ1) is 11.7. The predicted octanol–water partition coefficient (Wildman–Crippen LogP) is 2.02. The van der Waals surface area contributed by atoms with Crippen molar-refractivity contribution in [1.29, 1.82) is 0 Å². The molecule has 0 aromatic rings. The highest BCUT2D eigenvalue weighted by Crippen LogP contribution is 2.11. The molecule has 1 aliphatic carbocycles. The van der Waals surface area contributed by atoms with Gasteiger partial charge < -0.3 is 10.2 Å². The third kappa shape index (κ3) is 4.77. The van der Waals surface area contributed by atoms with E-state index >= 15 is 0 Å². The minimum absolute atomic E-state index is 0.626. The lowest BCUT2D eigenvalue weighted by Crippen LogP contribution is -2.37. The molecule has 0 saturated heterocycles. The molecule has 0 aromatic heterocycles. The molecule has 0 bridgehead atoms. The Hall–Kier alpha value is -0.340. The molecule has 82 valence electrons. The largest absolute Gasteiger partial charge is 0.309 e. The van der Waals surface area contributed by atoms with Crippen LogP contribution in [0.1, 0.15) is 32.6 Å². The van der Waals surface area contributed by atoms with Gasteiger partial charge in [0.25, 0.3) is 0 Å². The van der Waals surface area contributed by atoms with Crippen LogP contribution in [0.25, 0.3) is 0 Å². The van der Waals surface area contributed by atoms with E-state index in [0.29, 0.717) is 12.1 Å². The van der Waals surface area contributed by atoms with Gasteiger partial charge in [0, 0.05) is 12.1 Å². The monoisotopic (exact) mass is 196 g/mol. The summed E-state index contributed by atoms with van der Waals surface area (Å²) in [5.74, 6) is 0. The zero-order chi connectivity index (χ0) is 10.4. The standard InChI is InChI=1S/C12H24N2/c1-11(9-10-14(2)3)13-12-7-5-4-6-8-12/h5,7,11-13H,4,6,8-10H2,1-3H3. The van der Waals surface area contributed by atoms with E-state index in [9.17, 15) is 0 Å². The summed E-state index contributed by atoms with van der Waals surface area (Å²) in [7, 11) is 4.26. The number of nitrogens with one attached hydrogen (secondary N) is 1. The fourth-order valence-electron chi connectivity index (χ4n) is 1.85. The van der Waals surface area contributed by atoms with Gasteiger partial charge in [-0.05, 0) is 53.2 Å². The molecule has 0 saturated carbocycles. The summed E-state index contributed by atoms with van der Waals surface area (Å²) in [4.78, 5) is 2.24. The normalized spacial score (nSPS) is 24.1. The third-order valence-electron chi connectivity index (χ3n) is 2.76. The zero-order valence-corrected chi connectivity index (χ0v) is 9.79. The van der Waals surface area contributed by atoms with Gasteiger partial charge in [0.2, 0.25) is 0 Å². The maximum absolute atomic E-state index is 3.66. The fourth-order valence-corrected chi connectivity index (χ4v) is 1.85. The lowest BCUT2D eigenvalue weighted by Gasteiger charge is -2.23. The molecule has 0 radical (unpaired) electrons. The second kappa shape index (κ2) is 6.20. The maximum atomic E-state index is 3.66. The summed E-state index contributed by atoms with van der Waals surface area (Å²) in [6.45, 7) is 3.45. The molecule has 2 heteroatoms. The Bertz CT molecular complexity index is 175. The molecule has 0 fully saturated rings. The van der Waals surface area contributed by atoms with Gasteiger partial charge in [0.05, 0.1) is 0 Å². The predicted molar refractivity (Wildman–Crippen MR) is 62.5 cm³/mol. The van der Waals surface area contributed by atoms with E-state index in [1.165, 1.54) is 32.2 Å². The van der Waals surface area contributed by atoms with E-state index in [2.05, 4.69) is 43.4 Å². The summed E-state index contributed by atoms with van der Waals surface area (Å²) in [6.07, 6.45) is 9.79. The molecule has 2 nitrogen and oxygen atoms in total. The second-order valence-corrected chi connectivity index (χ2v) is 4.63. The van der Waals surface area contributed by atoms with E-state index in [1.807, 2.05) is 0 Å². The van der Waals surface area contributed by atoms with Crippen LogP contribution in [0.3, 0.4) is 0 Å². The average Bonchev–Trinajstić information content (AvgIpc) is 2.16. The molecule has 0 spiro atoms. The Morgan fingerprint density at radius 1 is 1.50 bits per heavy atom. The van der Waals surface area contributed by atoms with Crippen LogP contribution >= 0.6 is 0 Å². The summed E-state index contributed by atoms with van der Waals surface area (Å²) in [6, 6.07) is 1.26. The summed E-state index contributed by atoms with van der Waals surface area (Å²) in [5.41, 5.74) is 0. The number of allylic oxidation sites excluding steroid dienone is 1. The Morgan fingerprint density at radius 2 is 2.29 bits per heavy atom. The molecular weight excluding hydrogens is 172 g/mol. The molecule has 1 N–H and O–H groups in total. The lowest BCUT2D eigenvalue weighted by atomic mass is 10.0. The third-order valence-corrected chi connectivity index (χ3v) is 2.76. The Labute approximate surface area is 88.4 Å². The fraction of sp³-hybridized carbons (Fsp3) is 0.833. The maximum Gasteiger partial charge on any atom is 0.0252 e. The summed E-state index contributed by atoms with van der Waals surface area (Å²) >= 11 is 0. The van der Waals surface area contributed by atoms with Crippen molar-refractivity contribution in [3.63, 3.8) is 0 Å². The van der Waals surface area contributed by atoms with Crippen molar-refractivity contribution in [3.8, 4) is 0 Å². The van der Waals surface area contributed by atoms with E-state index in [4.69, 9.17) is 0 Å². The first-order valence-corrected chi connectivity index (χ1v) is 5.76. The quantitative estimate of drug-likeness (QED) is 0.677. The van der Waals surface area contributed by atoms with Crippen molar-refractivity contribution in [2.45, 2.75) is 44.7 Å². The van der Waals surface area contributed by atoms with Gasteiger partial charge in [-0.3, -0.25) is 0 Å². The van der Waals surface area contributed by atoms with E-state index in [-0.39, 0.29) is 0 Å². The molecule has 0 heterocycles. The van der Waals surface area contributed by atoms with E-state index in [1.54, 1.807) is 0 Å². The highest BCUT2D eigenvalue weighted by molar-refractivity contribution is 4.98. The van der Waals surface area contributed by atoms with Crippen molar-refractivity contribution in [1.82, 2.24) is 10.2 Å². The molecule has 0 aromatic carbocycles. The van der Waals surface area contributed by atoms with Crippen LogP contribution < -0.4 is 5.32 Å². The number of rotatable bonds is 5. The van der Waals surface area contributed by atoms with Crippen molar-refractivity contribution in [2.24, 2.45) is 0 Å². The number of hydrogen-bond acceptors (Lipinski definition) is 2. The van der Waals surface area contributed by atoms with Crippen LogP contribution in [0, 0.1) is 0 Å². The smallest absolute Gasteiger partial charge is 0.0252 e. The number of nitrogens with zero attached hydrogens (tertiary/aromatic N) is 1. The molecule has 2 unspecified atom stereocenters. The Kier molecular flexibility index (Phi) is 5.20. The molecule has 1 rings (SSSR count). The van der Waals surface area contributed by atoms with Crippen molar-refractivity contribution >= 4 is 0 Å². The van der Waals surface area contributed by atoms with Gasteiger partial charge in [0.15, 0.2) is 0 Å². The van der Waals surface area contributed by atoms with Crippen LogP contribution in [-0.4, -0.2) is 37.6 Å². The highest BCUT2D eigenvalue weighted by atomic mass is 15.1.